The summed E-state index contributed by atoms with van der Waals surface area (Å²) < 4.78 is 42.1. The molecule has 0 unspecified atom stereocenters. The number of ether oxygens (including phenoxy) is 1. The van der Waals surface area contributed by atoms with Crippen LogP contribution in [0.2, 0.25) is 0 Å². The van der Waals surface area contributed by atoms with Crippen LogP contribution in [-0.4, -0.2) is 8.42 Å². The molecular formula is C14H13BrFNO3S. The first-order chi connectivity index (χ1) is 9.79. The minimum absolute atomic E-state index is 0.211. The van der Waals surface area contributed by atoms with E-state index in [-0.39, 0.29) is 12.4 Å². The van der Waals surface area contributed by atoms with E-state index >= 15 is 0 Å². The monoisotopic (exact) mass is 373 g/mol. The molecule has 0 saturated heterocycles. The van der Waals surface area contributed by atoms with Gasteiger partial charge in [-0.3, -0.25) is 0 Å². The molecule has 0 saturated carbocycles. The summed E-state index contributed by atoms with van der Waals surface area (Å²) in [5, 5.41) is 4.93. The molecule has 0 bridgehead atoms. The van der Waals surface area contributed by atoms with Crippen LogP contribution in [-0.2, 0) is 16.6 Å². The lowest BCUT2D eigenvalue weighted by Crippen LogP contribution is -2.14. The molecule has 21 heavy (non-hydrogen) atoms. The number of rotatable bonds is 4. The largest absolute Gasteiger partial charge is 0.488 e. The summed E-state index contributed by atoms with van der Waals surface area (Å²) in [5.74, 6) is -0.733. The minimum atomic E-state index is -4.11. The SMILES string of the molecule is Cc1ccccc1COc1cc(F)c(S(N)(=O)=O)cc1Br. The molecule has 0 atom stereocenters. The van der Waals surface area contributed by atoms with Crippen molar-refractivity contribution in [2.45, 2.75) is 18.4 Å². The van der Waals surface area contributed by atoms with Crippen LogP contribution >= 0.6 is 15.9 Å². The summed E-state index contributed by atoms with van der Waals surface area (Å²) in [5.41, 5.74) is 2.01. The third-order valence-corrected chi connectivity index (χ3v) is 4.48. The van der Waals surface area contributed by atoms with E-state index in [0.29, 0.717) is 4.47 Å². The standard InChI is InChI=1S/C14H13BrFNO3S/c1-9-4-2-3-5-10(9)8-20-13-7-12(16)14(6-11(13)15)21(17,18)19/h2-7H,8H2,1H3,(H2,17,18,19). The zero-order valence-corrected chi connectivity index (χ0v) is 13.5. The van der Waals surface area contributed by atoms with Crippen molar-refractivity contribution in [1.29, 1.82) is 0 Å². The number of hydrogen-bond acceptors (Lipinski definition) is 3. The molecule has 0 aliphatic heterocycles. The molecule has 2 aromatic carbocycles. The van der Waals surface area contributed by atoms with Crippen LogP contribution < -0.4 is 9.88 Å². The van der Waals surface area contributed by atoms with Crippen LogP contribution in [0.1, 0.15) is 11.1 Å². The molecule has 0 radical (unpaired) electrons. The maximum absolute atomic E-state index is 13.8. The lowest BCUT2D eigenvalue weighted by Gasteiger charge is -2.11. The molecular weight excluding hydrogens is 361 g/mol. The first-order valence-corrected chi connectivity index (χ1v) is 8.32. The Bertz CT molecular complexity index is 778. The van der Waals surface area contributed by atoms with Crippen molar-refractivity contribution in [2.24, 2.45) is 5.14 Å². The average Bonchev–Trinajstić information content (AvgIpc) is 2.39. The Balaban J connectivity index is 2.26. The molecule has 0 heterocycles. The summed E-state index contributed by atoms with van der Waals surface area (Å²) in [4.78, 5) is -0.572. The number of hydrogen-bond donors (Lipinski definition) is 1. The smallest absolute Gasteiger partial charge is 0.241 e. The fourth-order valence-corrected chi connectivity index (χ4v) is 2.99. The van der Waals surface area contributed by atoms with E-state index in [1.165, 1.54) is 0 Å². The van der Waals surface area contributed by atoms with E-state index in [4.69, 9.17) is 9.88 Å². The van der Waals surface area contributed by atoms with E-state index in [1.54, 1.807) is 0 Å². The number of primary sulfonamides is 1. The van der Waals surface area contributed by atoms with Crippen molar-refractivity contribution in [3.05, 3.63) is 57.8 Å². The van der Waals surface area contributed by atoms with Crippen molar-refractivity contribution in [3.8, 4) is 5.75 Å². The molecule has 0 amide bonds. The highest BCUT2D eigenvalue weighted by atomic mass is 79.9. The second kappa shape index (κ2) is 6.13. The first kappa shape index (κ1) is 15.9. The van der Waals surface area contributed by atoms with Crippen LogP contribution in [0, 0.1) is 12.7 Å². The van der Waals surface area contributed by atoms with Gasteiger partial charge >= 0.3 is 0 Å². The second-order valence-corrected chi connectivity index (χ2v) is 6.86. The van der Waals surface area contributed by atoms with Gasteiger partial charge in [0.2, 0.25) is 10.0 Å². The van der Waals surface area contributed by atoms with Gasteiger partial charge in [0, 0.05) is 6.07 Å². The summed E-state index contributed by atoms with van der Waals surface area (Å²) >= 11 is 3.15. The molecule has 7 heteroatoms. The molecule has 0 aliphatic rings. The Morgan fingerprint density at radius 1 is 1.29 bits per heavy atom. The topological polar surface area (TPSA) is 69.4 Å². The van der Waals surface area contributed by atoms with E-state index in [0.717, 1.165) is 23.3 Å². The molecule has 0 aromatic heterocycles. The Morgan fingerprint density at radius 3 is 2.57 bits per heavy atom. The van der Waals surface area contributed by atoms with Crippen LogP contribution in [0.4, 0.5) is 4.39 Å². The highest BCUT2D eigenvalue weighted by Crippen LogP contribution is 2.30. The van der Waals surface area contributed by atoms with E-state index in [2.05, 4.69) is 15.9 Å². The van der Waals surface area contributed by atoms with Gasteiger partial charge in [0.05, 0.1) is 4.47 Å². The highest BCUT2D eigenvalue weighted by molar-refractivity contribution is 9.10. The Kier molecular flexibility index (Phi) is 4.65. The van der Waals surface area contributed by atoms with Gasteiger partial charge in [-0.1, -0.05) is 24.3 Å². The summed E-state index contributed by atoms with van der Waals surface area (Å²) in [6.45, 7) is 2.19. The quantitative estimate of drug-likeness (QED) is 0.894. The number of benzene rings is 2. The van der Waals surface area contributed by atoms with Gasteiger partial charge in [-0.2, -0.15) is 0 Å². The molecule has 0 spiro atoms. The summed E-state index contributed by atoms with van der Waals surface area (Å²) in [6.07, 6.45) is 0. The van der Waals surface area contributed by atoms with Crippen molar-refractivity contribution < 1.29 is 17.5 Å². The molecule has 0 aliphatic carbocycles. The predicted octanol–water partition coefficient (Wildman–Crippen LogP) is 3.12. The lowest BCUT2D eigenvalue weighted by atomic mass is 10.1. The Morgan fingerprint density at radius 2 is 1.95 bits per heavy atom. The third-order valence-electron chi connectivity index (χ3n) is 2.94. The fraction of sp³-hybridized carbons (Fsp3) is 0.143. The normalized spacial score (nSPS) is 11.4. The van der Waals surface area contributed by atoms with Crippen molar-refractivity contribution in [3.63, 3.8) is 0 Å². The molecule has 112 valence electrons. The highest BCUT2D eigenvalue weighted by Gasteiger charge is 2.18. The number of sulfonamides is 1. The van der Waals surface area contributed by atoms with E-state index < -0.39 is 20.7 Å². The lowest BCUT2D eigenvalue weighted by molar-refractivity contribution is 0.301. The van der Waals surface area contributed by atoms with Gasteiger partial charge in [-0.25, -0.2) is 17.9 Å². The van der Waals surface area contributed by atoms with Gasteiger partial charge < -0.3 is 4.74 Å². The molecule has 0 fully saturated rings. The van der Waals surface area contributed by atoms with Gasteiger partial charge in [0.15, 0.2) is 0 Å². The fourth-order valence-electron chi connectivity index (χ4n) is 1.77. The average molecular weight is 374 g/mol. The van der Waals surface area contributed by atoms with Crippen molar-refractivity contribution in [1.82, 2.24) is 0 Å². The third kappa shape index (κ3) is 3.81. The number of halogens is 2. The van der Waals surface area contributed by atoms with Gasteiger partial charge in [0.1, 0.15) is 23.1 Å². The number of nitrogens with two attached hydrogens (primary N) is 1. The Labute approximate surface area is 130 Å². The Hall–Kier alpha value is -1.44. The molecule has 2 N–H and O–H groups in total. The van der Waals surface area contributed by atoms with E-state index in [9.17, 15) is 12.8 Å². The van der Waals surface area contributed by atoms with Crippen LogP contribution in [0.25, 0.3) is 0 Å². The van der Waals surface area contributed by atoms with Gasteiger partial charge in [-0.15, -0.1) is 0 Å². The number of aryl methyl sites for hydroxylation is 1. The minimum Gasteiger partial charge on any atom is -0.488 e. The van der Waals surface area contributed by atoms with Gasteiger partial charge in [-0.05, 0) is 40.0 Å². The first-order valence-electron chi connectivity index (χ1n) is 5.98. The van der Waals surface area contributed by atoms with Crippen molar-refractivity contribution >= 4 is 26.0 Å². The molecule has 2 rings (SSSR count). The van der Waals surface area contributed by atoms with E-state index in [1.807, 2.05) is 31.2 Å². The predicted molar refractivity (Wildman–Crippen MR) is 81.0 cm³/mol. The summed E-state index contributed by atoms with van der Waals surface area (Å²) in [7, 11) is -4.11. The van der Waals surface area contributed by atoms with Gasteiger partial charge in [0.25, 0.3) is 0 Å². The second-order valence-electron chi connectivity index (χ2n) is 4.47. The zero-order valence-electron chi connectivity index (χ0n) is 11.1. The van der Waals surface area contributed by atoms with Crippen LogP contribution in [0.15, 0.2) is 45.8 Å². The summed E-state index contributed by atoms with van der Waals surface area (Å²) in [6, 6.07) is 9.73. The van der Waals surface area contributed by atoms with Crippen LogP contribution in [0.5, 0.6) is 5.75 Å². The molecule has 4 nitrogen and oxygen atoms in total. The maximum Gasteiger partial charge on any atom is 0.241 e. The maximum atomic E-state index is 13.8. The van der Waals surface area contributed by atoms with Crippen molar-refractivity contribution in [2.75, 3.05) is 0 Å². The van der Waals surface area contributed by atoms with Crippen LogP contribution in [0.3, 0.4) is 0 Å². The zero-order chi connectivity index (χ0) is 15.6. The molecule has 2 aromatic rings.